The highest BCUT2D eigenvalue weighted by molar-refractivity contribution is 5.00. The van der Waals surface area contributed by atoms with E-state index in [-0.39, 0.29) is 16.9 Å². The predicted molar refractivity (Wildman–Crippen MR) is 73.9 cm³/mol. The highest BCUT2D eigenvalue weighted by atomic mass is 16.5. The Morgan fingerprint density at radius 2 is 1.65 bits per heavy atom. The van der Waals surface area contributed by atoms with Crippen molar-refractivity contribution < 1.29 is 4.74 Å². The van der Waals surface area contributed by atoms with Gasteiger partial charge in [0.2, 0.25) is 0 Å². The quantitative estimate of drug-likeness (QED) is 0.765. The van der Waals surface area contributed by atoms with E-state index in [0.29, 0.717) is 6.04 Å². The summed E-state index contributed by atoms with van der Waals surface area (Å²) < 4.78 is 6.14. The molecule has 0 atom stereocenters. The largest absolute Gasteiger partial charge is 0.373 e. The van der Waals surface area contributed by atoms with Gasteiger partial charge in [-0.05, 0) is 37.5 Å². The second kappa shape index (κ2) is 5.11. The Morgan fingerprint density at radius 3 is 2.06 bits per heavy atom. The van der Waals surface area contributed by atoms with Crippen LogP contribution in [0, 0.1) is 10.8 Å². The number of rotatable bonds is 3. The van der Waals surface area contributed by atoms with Gasteiger partial charge < -0.3 is 10.5 Å². The van der Waals surface area contributed by atoms with Crippen LogP contribution in [-0.4, -0.2) is 18.8 Å². The van der Waals surface area contributed by atoms with Gasteiger partial charge in [-0.15, -0.1) is 0 Å². The highest BCUT2D eigenvalue weighted by Gasteiger charge is 2.47. The van der Waals surface area contributed by atoms with Crippen LogP contribution >= 0.6 is 0 Å². The SMILES string of the molecule is CC(C)=CCOC1C(C)(C)CC(N)CC1(C)C. The van der Waals surface area contributed by atoms with Gasteiger partial charge in [0.15, 0.2) is 0 Å². The molecule has 2 N–H and O–H groups in total. The molecule has 0 radical (unpaired) electrons. The fourth-order valence-electron chi connectivity index (χ4n) is 3.46. The van der Waals surface area contributed by atoms with Crippen molar-refractivity contribution in [2.75, 3.05) is 6.61 Å². The zero-order valence-corrected chi connectivity index (χ0v) is 12.3. The summed E-state index contributed by atoms with van der Waals surface area (Å²) in [6.45, 7) is 14.0. The fraction of sp³-hybridized carbons (Fsp3) is 0.867. The van der Waals surface area contributed by atoms with Crippen molar-refractivity contribution in [3.63, 3.8) is 0 Å². The Morgan fingerprint density at radius 1 is 1.18 bits per heavy atom. The van der Waals surface area contributed by atoms with E-state index in [2.05, 4.69) is 47.6 Å². The van der Waals surface area contributed by atoms with Gasteiger partial charge in [-0.3, -0.25) is 0 Å². The van der Waals surface area contributed by atoms with Crippen molar-refractivity contribution in [2.45, 2.75) is 66.5 Å². The van der Waals surface area contributed by atoms with Crippen molar-refractivity contribution >= 4 is 0 Å². The van der Waals surface area contributed by atoms with Gasteiger partial charge in [-0.1, -0.05) is 39.3 Å². The first-order valence-electron chi connectivity index (χ1n) is 6.66. The number of allylic oxidation sites excluding steroid dienone is 1. The van der Waals surface area contributed by atoms with Gasteiger partial charge in [-0.2, -0.15) is 0 Å². The molecule has 100 valence electrons. The van der Waals surface area contributed by atoms with Crippen molar-refractivity contribution in [1.82, 2.24) is 0 Å². The lowest BCUT2D eigenvalue weighted by atomic mass is 9.61. The van der Waals surface area contributed by atoms with E-state index in [1.807, 2.05) is 0 Å². The molecule has 0 spiro atoms. The third kappa shape index (κ3) is 3.82. The standard InChI is InChI=1S/C15H29NO/c1-11(2)7-8-17-13-14(3,4)9-12(16)10-15(13,5)6/h7,12-13H,8-10,16H2,1-6H3. The molecule has 1 aliphatic carbocycles. The van der Waals surface area contributed by atoms with Crippen molar-refractivity contribution in [3.05, 3.63) is 11.6 Å². The van der Waals surface area contributed by atoms with Gasteiger partial charge in [-0.25, -0.2) is 0 Å². The van der Waals surface area contributed by atoms with Crippen LogP contribution in [0.25, 0.3) is 0 Å². The molecule has 0 bridgehead atoms. The van der Waals surface area contributed by atoms with E-state index in [1.165, 1.54) is 5.57 Å². The first-order valence-corrected chi connectivity index (χ1v) is 6.66. The molecule has 2 heteroatoms. The van der Waals surface area contributed by atoms with Crippen molar-refractivity contribution in [3.8, 4) is 0 Å². The molecule has 0 amide bonds. The van der Waals surface area contributed by atoms with Crippen molar-refractivity contribution in [1.29, 1.82) is 0 Å². The Hall–Kier alpha value is -0.340. The maximum atomic E-state index is 6.16. The Kier molecular flexibility index (Phi) is 4.43. The Balaban J connectivity index is 2.75. The molecular formula is C15H29NO. The van der Waals surface area contributed by atoms with E-state index in [1.54, 1.807) is 0 Å². The van der Waals surface area contributed by atoms with Crippen LogP contribution in [0.1, 0.15) is 54.4 Å². The van der Waals surface area contributed by atoms with E-state index in [4.69, 9.17) is 10.5 Å². The summed E-state index contributed by atoms with van der Waals surface area (Å²) in [4.78, 5) is 0. The second-order valence-corrected chi connectivity index (χ2v) is 7.14. The second-order valence-electron chi connectivity index (χ2n) is 7.14. The third-order valence-corrected chi connectivity index (χ3v) is 3.75. The summed E-state index contributed by atoms with van der Waals surface area (Å²) in [6, 6.07) is 0.309. The van der Waals surface area contributed by atoms with Crippen LogP contribution in [0.15, 0.2) is 11.6 Å². The molecular weight excluding hydrogens is 210 g/mol. The molecule has 17 heavy (non-hydrogen) atoms. The molecule has 1 saturated carbocycles. The molecule has 0 aromatic rings. The normalized spacial score (nSPS) is 31.0. The first-order chi connectivity index (χ1) is 7.65. The molecule has 0 aromatic heterocycles. The Labute approximate surface area is 107 Å². The van der Waals surface area contributed by atoms with Gasteiger partial charge in [0, 0.05) is 6.04 Å². The molecule has 1 fully saturated rings. The van der Waals surface area contributed by atoms with Crippen molar-refractivity contribution in [2.24, 2.45) is 16.6 Å². The zero-order valence-electron chi connectivity index (χ0n) is 12.3. The summed E-state index contributed by atoms with van der Waals surface area (Å²) in [6.07, 6.45) is 4.54. The molecule has 1 rings (SSSR count). The third-order valence-electron chi connectivity index (χ3n) is 3.75. The minimum absolute atomic E-state index is 0.163. The monoisotopic (exact) mass is 239 g/mol. The summed E-state index contributed by atoms with van der Waals surface area (Å²) in [5, 5.41) is 0. The number of hydrogen-bond acceptors (Lipinski definition) is 2. The fourth-order valence-corrected chi connectivity index (χ4v) is 3.46. The topological polar surface area (TPSA) is 35.2 Å². The lowest BCUT2D eigenvalue weighted by molar-refractivity contribution is -0.117. The van der Waals surface area contributed by atoms with Gasteiger partial charge >= 0.3 is 0 Å². The van der Waals surface area contributed by atoms with E-state index >= 15 is 0 Å². The van der Waals surface area contributed by atoms with E-state index in [9.17, 15) is 0 Å². The maximum Gasteiger partial charge on any atom is 0.0682 e. The molecule has 0 heterocycles. The summed E-state index contributed by atoms with van der Waals surface area (Å²) in [5.74, 6) is 0. The van der Waals surface area contributed by atoms with Gasteiger partial charge in [0.05, 0.1) is 12.7 Å². The molecule has 2 nitrogen and oxygen atoms in total. The average molecular weight is 239 g/mol. The van der Waals surface area contributed by atoms with Crippen LogP contribution in [0.2, 0.25) is 0 Å². The zero-order chi connectivity index (χ0) is 13.3. The maximum absolute atomic E-state index is 6.16. The summed E-state index contributed by atoms with van der Waals surface area (Å²) >= 11 is 0. The molecule has 0 aromatic carbocycles. The van der Waals surface area contributed by atoms with E-state index in [0.717, 1.165) is 19.4 Å². The minimum atomic E-state index is 0.163. The lowest BCUT2D eigenvalue weighted by Crippen LogP contribution is -2.53. The van der Waals surface area contributed by atoms with Gasteiger partial charge in [0.1, 0.15) is 0 Å². The average Bonchev–Trinajstić information content (AvgIpc) is 2.06. The van der Waals surface area contributed by atoms with Crippen LogP contribution in [0.5, 0.6) is 0 Å². The highest BCUT2D eigenvalue weighted by Crippen LogP contribution is 2.47. The smallest absolute Gasteiger partial charge is 0.0682 e. The minimum Gasteiger partial charge on any atom is -0.373 e. The predicted octanol–water partition coefficient (Wildman–Crippen LogP) is 3.51. The van der Waals surface area contributed by atoms with Crippen LogP contribution in [-0.2, 0) is 4.74 Å². The van der Waals surface area contributed by atoms with Crippen LogP contribution < -0.4 is 5.73 Å². The molecule has 1 aliphatic rings. The number of ether oxygens (including phenoxy) is 1. The van der Waals surface area contributed by atoms with Crippen LogP contribution in [0.3, 0.4) is 0 Å². The summed E-state index contributed by atoms with van der Waals surface area (Å²) in [5.41, 5.74) is 7.80. The molecule has 0 aliphatic heterocycles. The first kappa shape index (κ1) is 14.7. The van der Waals surface area contributed by atoms with E-state index < -0.39 is 0 Å². The van der Waals surface area contributed by atoms with Crippen LogP contribution in [0.4, 0.5) is 0 Å². The van der Waals surface area contributed by atoms with Gasteiger partial charge in [0.25, 0.3) is 0 Å². The lowest BCUT2D eigenvalue weighted by Gasteiger charge is -2.50. The molecule has 0 saturated heterocycles. The number of hydrogen-bond donors (Lipinski definition) is 1. The summed E-state index contributed by atoms with van der Waals surface area (Å²) in [7, 11) is 0. The molecule has 0 unspecified atom stereocenters. The Bertz CT molecular complexity index is 269. The number of nitrogens with two attached hydrogens (primary N) is 1.